The molecule has 2 heterocycles. The quantitative estimate of drug-likeness (QED) is 0.243. The van der Waals surface area contributed by atoms with Crippen molar-refractivity contribution in [3.8, 4) is 0 Å². The number of carboxylic acid groups (broad SMARTS) is 1. The number of likely N-dealkylation sites (N-methyl/N-ethyl adjacent to an activating group) is 1. The van der Waals surface area contributed by atoms with E-state index in [1.807, 2.05) is 25.7 Å². The van der Waals surface area contributed by atoms with Crippen LogP contribution in [0.2, 0.25) is 0 Å². The predicted molar refractivity (Wildman–Crippen MR) is 156 cm³/mol. The van der Waals surface area contributed by atoms with Crippen molar-refractivity contribution in [1.82, 2.24) is 30.1 Å². The first kappa shape index (κ1) is 35.7. The van der Waals surface area contributed by atoms with E-state index >= 15 is 0 Å². The second-order valence-electron chi connectivity index (χ2n) is 11.1. The van der Waals surface area contributed by atoms with Crippen LogP contribution in [-0.2, 0) is 26.3 Å². The van der Waals surface area contributed by atoms with Crippen LogP contribution >= 0.6 is 12.4 Å². The molecule has 2 rings (SSSR count). The zero-order chi connectivity index (χ0) is 30.0. The summed E-state index contributed by atoms with van der Waals surface area (Å²) in [5, 5.41) is 22.6. The van der Waals surface area contributed by atoms with Gasteiger partial charge in [-0.3, -0.25) is 28.6 Å². The molecule has 0 saturated heterocycles. The van der Waals surface area contributed by atoms with Gasteiger partial charge < -0.3 is 15.7 Å². The van der Waals surface area contributed by atoms with Gasteiger partial charge in [0.05, 0.1) is 31.2 Å². The SMILES string of the molecule is CCCCCN(C)CC(=O)C(CC(=O)O)NC(=O)C(CC)n1cc(C(C)(C)C)nc(NCc2nonc2C)c1=O.Cl. The molecule has 0 aliphatic heterocycles. The summed E-state index contributed by atoms with van der Waals surface area (Å²) in [5.41, 5.74) is 0.628. The van der Waals surface area contributed by atoms with E-state index < -0.39 is 47.1 Å². The molecule has 13 nitrogen and oxygen atoms in total. The highest BCUT2D eigenvalue weighted by atomic mass is 35.5. The molecule has 2 aromatic heterocycles. The van der Waals surface area contributed by atoms with Crippen LogP contribution in [0.5, 0.6) is 0 Å². The molecule has 0 radical (unpaired) electrons. The minimum atomic E-state index is -1.23. The molecule has 1 amide bonds. The Hall–Kier alpha value is -3.32. The third-order valence-corrected chi connectivity index (χ3v) is 6.55. The van der Waals surface area contributed by atoms with Crippen LogP contribution in [0.3, 0.4) is 0 Å². The molecule has 0 saturated carbocycles. The summed E-state index contributed by atoms with van der Waals surface area (Å²) >= 11 is 0. The monoisotopic (exact) mass is 597 g/mol. The van der Waals surface area contributed by atoms with Gasteiger partial charge in [0.1, 0.15) is 17.4 Å². The second-order valence-corrected chi connectivity index (χ2v) is 11.1. The first-order chi connectivity index (χ1) is 18.8. The fraction of sp³-hybridized carbons (Fsp3) is 0.667. The Balaban J connectivity index is 0.00000840. The van der Waals surface area contributed by atoms with Gasteiger partial charge in [0, 0.05) is 11.6 Å². The van der Waals surface area contributed by atoms with Gasteiger partial charge in [0.15, 0.2) is 11.6 Å². The van der Waals surface area contributed by atoms with E-state index in [9.17, 15) is 24.3 Å². The molecule has 0 spiro atoms. The number of anilines is 1. The van der Waals surface area contributed by atoms with Crippen LogP contribution in [0, 0.1) is 6.92 Å². The number of aromatic nitrogens is 4. The van der Waals surface area contributed by atoms with Crippen molar-refractivity contribution in [3.63, 3.8) is 0 Å². The van der Waals surface area contributed by atoms with Crippen molar-refractivity contribution in [2.75, 3.05) is 25.5 Å². The Morgan fingerprint density at radius 2 is 1.85 bits per heavy atom. The normalized spacial score (nSPS) is 12.9. The second kappa shape index (κ2) is 16.2. The summed E-state index contributed by atoms with van der Waals surface area (Å²) in [6.45, 7) is 12.2. The third kappa shape index (κ3) is 10.5. The molecule has 2 unspecified atom stereocenters. The van der Waals surface area contributed by atoms with Crippen molar-refractivity contribution in [1.29, 1.82) is 0 Å². The van der Waals surface area contributed by atoms with E-state index in [0.717, 1.165) is 19.3 Å². The van der Waals surface area contributed by atoms with Crippen LogP contribution in [0.25, 0.3) is 0 Å². The van der Waals surface area contributed by atoms with E-state index in [1.165, 1.54) is 4.57 Å². The number of Topliss-reactive ketones (excluding diaryl/α,β-unsaturated/α-hetero) is 1. The predicted octanol–water partition coefficient (Wildman–Crippen LogP) is 2.87. The molecule has 0 fully saturated rings. The number of rotatable bonds is 16. The number of nitrogens with one attached hydrogen (secondary N) is 2. The number of carbonyl (C=O) groups excluding carboxylic acids is 2. The van der Waals surface area contributed by atoms with Crippen molar-refractivity contribution in [2.24, 2.45) is 0 Å². The summed E-state index contributed by atoms with van der Waals surface area (Å²) < 4.78 is 6.01. The van der Waals surface area contributed by atoms with Crippen LogP contribution < -0.4 is 16.2 Å². The lowest BCUT2D eigenvalue weighted by Gasteiger charge is -2.26. The lowest BCUT2D eigenvalue weighted by molar-refractivity contribution is -0.140. The molecule has 2 aromatic rings. The number of carbonyl (C=O) groups is 3. The molecule has 0 aromatic carbocycles. The Kier molecular flexibility index (Phi) is 14.1. The Labute approximate surface area is 246 Å². The maximum atomic E-state index is 13.5. The molecule has 2 atom stereocenters. The van der Waals surface area contributed by atoms with Crippen LogP contribution in [0.4, 0.5) is 5.82 Å². The zero-order valence-corrected chi connectivity index (χ0v) is 25.8. The summed E-state index contributed by atoms with van der Waals surface area (Å²) in [6.07, 6.45) is 4.18. The van der Waals surface area contributed by atoms with Gasteiger partial charge in [-0.2, -0.15) is 0 Å². The van der Waals surface area contributed by atoms with Crippen LogP contribution in [-0.4, -0.2) is 73.7 Å². The van der Waals surface area contributed by atoms with Gasteiger partial charge in [-0.25, -0.2) is 9.61 Å². The van der Waals surface area contributed by atoms with Crippen molar-refractivity contribution in [3.05, 3.63) is 33.6 Å². The fourth-order valence-electron chi connectivity index (χ4n) is 4.08. The number of unbranched alkanes of at least 4 members (excludes halogenated alkanes) is 2. The van der Waals surface area contributed by atoms with E-state index in [-0.39, 0.29) is 37.7 Å². The lowest BCUT2D eigenvalue weighted by Crippen LogP contribution is -2.49. The lowest BCUT2D eigenvalue weighted by atomic mass is 9.92. The van der Waals surface area contributed by atoms with Gasteiger partial charge in [0.25, 0.3) is 5.56 Å². The molecule has 3 N–H and O–H groups in total. The number of nitrogens with zero attached hydrogens (tertiary/aromatic N) is 5. The molecule has 0 bridgehead atoms. The summed E-state index contributed by atoms with van der Waals surface area (Å²) in [7, 11) is 1.79. The van der Waals surface area contributed by atoms with Gasteiger partial charge in [-0.05, 0) is 33.4 Å². The number of halogens is 1. The highest BCUT2D eigenvalue weighted by Crippen LogP contribution is 2.22. The smallest absolute Gasteiger partial charge is 0.305 e. The van der Waals surface area contributed by atoms with Crippen molar-refractivity contribution >= 4 is 35.9 Å². The number of amides is 1. The Bertz CT molecular complexity index is 1220. The molecule has 0 aliphatic carbocycles. The van der Waals surface area contributed by atoms with E-state index in [2.05, 4.69) is 32.9 Å². The number of ketones is 1. The zero-order valence-electron chi connectivity index (χ0n) is 25.0. The molecule has 41 heavy (non-hydrogen) atoms. The topological polar surface area (TPSA) is 173 Å². The molecular weight excluding hydrogens is 554 g/mol. The Morgan fingerprint density at radius 1 is 1.17 bits per heavy atom. The first-order valence-corrected chi connectivity index (χ1v) is 13.7. The van der Waals surface area contributed by atoms with Gasteiger partial charge >= 0.3 is 5.97 Å². The number of hydrogen-bond acceptors (Lipinski definition) is 10. The van der Waals surface area contributed by atoms with Crippen LogP contribution in [0.1, 0.15) is 89.8 Å². The Morgan fingerprint density at radius 3 is 2.39 bits per heavy atom. The molecule has 230 valence electrons. The number of aliphatic carboxylic acids is 1. The standard InChI is InChI=1S/C27H43N7O6.ClH/c1-8-10-11-12-33(7)15-21(35)18(13-23(36)37)29-25(38)20(9-2)34-16-22(27(4,5)6)30-24(26(34)39)28-14-19-17(3)31-40-32-19;/h16,18,20H,8-15H2,1-7H3,(H,28,30)(H,29,38)(H,36,37);1H. The maximum absolute atomic E-state index is 13.5. The third-order valence-electron chi connectivity index (χ3n) is 6.55. The number of hydrogen-bond donors (Lipinski definition) is 3. The highest BCUT2D eigenvalue weighted by molar-refractivity contribution is 5.94. The minimum Gasteiger partial charge on any atom is -0.481 e. The summed E-state index contributed by atoms with van der Waals surface area (Å²) in [5.74, 6) is -2.21. The average molecular weight is 598 g/mol. The number of aryl methyl sites for hydroxylation is 1. The van der Waals surface area contributed by atoms with Gasteiger partial charge in [-0.1, -0.05) is 57.8 Å². The maximum Gasteiger partial charge on any atom is 0.305 e. The van der Waals surface area contributed by atoms with Crippen molar-refractivity contribution in [2.45, 2.75) is 97.7 Å². The average Bonchev–Trinajstić information content (AvgIpc) is 3.27. The summed E-state index contributed by atoms with van der Waals surface area (Å²) in [4.78, 5) is 57.9. The van der Waals surface area contributed by atoms with E-state index in [0.29, 0.717) is 23.6 Å². The molecular formula is C27H44ClN7O6. The van der Waals surface area contributed by atoms with E-state index in [1.54, 1.807) is 27.1 Å². The largest absolute Gasteiger partial charge is 0.481 e. The van der Waals surface area contributed by atoms with Gasteiger partial charge in [0.2, 0.25) is 5.91 Å². The minimum absolute atomic E-state index is 0. The molecule has 14 heteroatoms. The van der Waals surface area contributed by atoms with E-state index in [4.69, 9.17) is 4.63 Å². The highest BCUT2D eigenvalue weighted by Gasteiger charge is 2.30. The summed E-state index contributed by atoms with van der Waals surface area (Å²) in [6, 6.07) is -2.23. The fourth-order valence-corrected chi connectivity index (χ4v) is 4.08. The van der Waals surface area contributed by atoms with Crippen molar-refractivity contribution < 1.29 is 24.1 Å². The van der Waals surface area contributed by atoms with Gasteiger partial charge in [-0.15, -0.1) is 12.4 Å². The van der Waals surface area contributed by atoms with Crippen LogP contribution in [0.15, 0.2) is 15.6 Å². The molecule has 0 aliphatic rings. The number of carboxylic acids is 1. The first-order valence-electron chi connectivity index (χ1n) is 13.7.